The summed E-state index contributed by atoms with van der Waals surface area (Å²) in [6, 6.07) is 0. The minimum atomic E-state index is -0.819. The maximum absolute atomic E-state index is 12.1. The molecule has 0 radical (unpaired) electrons. The van der Waals surface area contributed by atoms with E-state index in [9.17, 15) is 9.59 Å². The van der Waals surface area contributed by atoms with Crippen molar-refractivity contribution in [2.75, 3.05) is 0 Å². The van der Waals surface area contributed by atoms with Crippen LogP contribution in [0.2, 0.25) is 0 Å². The van der Waals surface area contributed by atoms with E-state index in [0.717, 1.165) is 23.6 Å². The van der Waals surface area contributed by atoms with Crippen LogP contribution in [0.3, 0.4) is 0 Å². The molecule has 5 heteroatoms. The number of aromatic nitrogens is 2. The molecule has 1 fully saturated rings. The Bertz CT molecular complexity index is 588. The summed E-state index contributed by atoms with van der Waals surface area (Å²) in [6.07, 6.45) is 5.22. The lowest BCUT2D eigenvalue weighted by molar-refractivity contribution is -0.141. The van der Waals surface area contributed by atoms with Crippen LogP contribution in [0.5, 0.6) is 0 Å². The molecule has 1 aromatic rings. The first-order valence-electron chi connectivity index (χ1n) is 7.70. The van der Waals surface area contributed by atoms with E-state index in [1.165, 1.54) is 19.3 Å². The maximum atomic E-state index is 12.1. The Labute approximate surface area is 125 Å². The first-order valence-corrected chi connectivity index (χ1v) is 7.70. The molecule has 2 rings (SSSR count). The fraction of sp³-hybridized carbons (Fsp3) is 0.688. The van der Waals surface area contributed by atoms with Crippen LogP contribution in [0.1, 0.15) is 49.6 Å². The van der Waals surface area contributed by atoms with Crippen LogP contribution < -0.4 is 5.69 Å². The number of rotatable bonds is 7. The largest absolute Gasteiger partial charge is 0.481 e. The maximum Gasteiger partial charge on any atom is 0.347 e. The molecule has 1 unspecified atom stereocenters. The van der Waals surface area contributed by atoms with Crippen molar-refractivity contribution in [3.05, 3.63) is 27.4 Å². The molecular formula is C16H24N2O3. The van der Waals surface area contributed by atoms with Gasteiger partial charge in [-0.1, -0.05) is 19.8 Å². The molecule has 116 valence electrons. The highest BCUT2D eigenvalue weighted by molar-refractivity contribution is 5.70. The second-order valence-electron chi connectivity index (χ2n) is 6.22. The molecule has 0 aromatic carbocycles. The highest BCUT2D eigenvalue weighted by atomic mass is 16.4. The molecule has 0 bridgehead atoms. The first kappa shape index (κ1) is 15.7. The van der Waals surface area contributed by atoms with Crippen molar-refractivity contribution in [3.8, 4) is 0 Å². The minimum Gasteiger partial charge on any atom is -0.481 e. The molecule has 1 saturated carbocycles. The van der Waals surface area contributed by atoms with Gasteiger partial charge in [-0.3, -0.25) is 9.36 Å². The number of hydrogen-bond donors (Lipinski definition) is 1. The first-order chi connectivity index (χ1) is 9.90. The molecule has 5 nitrogen and oxygen atoms in total. The molecule has 0 aliphatic heterocycles. The normalized spacial score (nSPS) is 16.0. The van der Waals surface area contributed by atoms with E-state index in [2.05, 4.69) is 4.98 Å². The van der Waals surface area contributed by atoms with E-state index >= 15 is 0 Å². The molecule has 1 aromatic heterocycles. The van der Waals surface area contributed by atoms with Crippen molar-refractivity contribution in [2.45, 2.75) is 59.4 Å². The predicted octanol–water partition coefficient (Wildman–Crippen LogP) is 2.31. The van der Waals surface area contributed by atoms with E-state index in [-0.39, 0.29) is 5.69 Å². The van der Waals surface area contributed by atoms with Crippen molar-refractivity contribution in [3.63, 3.8) is 0 Å². The third-order valence-electron chi connectivity index (χ3n) is 4.40. The second-order valence-corrected chi connectivity index (χ2v) is 6.22. The summed E-state index contributed by atoms with van der Waals surface area (Å²) in [5.74, 6) is -0.437. The third-order valence-corrected chi connectivity index (χ3v) is 4.40. The van der Waals surface area contributed by atoms with Crippen molar-refractivity contribution in [1.82, 2.24) is 9.55 Å². The molecule has 0 saturated heterocycles. The summed E-state index contributed by atoms with van der Waals surface area (Å²) in [5, 5.41) is 9.07. The fourth-order valence-electron chi connectivity index (χ4n) is 2.74. The molecule has 1 atom stereocenters. The molecule has 1 N–H and O–H groups in total. The van der Waals surface area contributed by atoms with Crippen molar-refractivity contribution in [2.24, 2.45) is 11.8 Å². The van der Waals surface area contributed by atoms with Crippen LogP contribution >= 0.6 is 0 Å². The van der Waals surface area contributed by atoms with Gasteiger partial charge in [-0.15, -0.1) is 0 Å². The Morgan fingerprint density at radius 1 is 1.43 bits per heavy atom. The van der Waals surface area contributed by atoms with Gasteiger partial charge >= 0.3 is 11.7 Å². The number of hydrogen-bond acceptors (Lipinski definition) is 3. The topological polar surface area (TPSA) is 72.2 Å². The number of carboxylic acids is 1. The molecule has 1 aliphatic carbocycles. The van der Waals surface area contributed by atoms with Crippen molar-refractivity contribution >= 4 is 5.97 Å². The average Bonchev–Trinajstić information content (AvgIpc) is 3.22. The van der Waals surface area contributed by atoms with Crippen molar-refractivity contribution < 1.29 is 9.90 Å². The molecule has 21 heavy (non-hydrogen) atoms. The van der Waals surface area contributed by atoms with E-state index in [1.54, 1.807) is 18.4 Å². The van der Waals surface area contributed by atoms with Gasteiger partial charge in [0.15, 0.2) is 0 Å². The van der Waals surface area contributed by atoms with Gasteiger partial charge in [0.25, 0.3) is 0 Å². The third kappa shape index (κ3) is 3.93. The second kappa shape index (κ2) is 6.41. The average molecular weight is 292 g/mol. The number of carboxylic acid groups (broad SMARTS) is 1. The number of aliphatic carboxylic acids is 1. The lowest BCUT2D eigenvalue weighted by atomic mass is 9.99. The molecule has 0 spiro atoms. The van der Waals surface area contributed by atoms with Crippen LogP contribution in [0, 0.1) is 25.7 Å². The zero-order valence-electron chi connectivity index (χ0n) is 13.1. The SMILES string of the molecule is Cc1nc(=O)n(CCCC2CC2)c(C)c1CC(C)C(=O)O. The monoisotopic (exact) mass is 292 g/mol. The van der Waals surface area contributed by atoms with Gasteiger partial charge < -0.3 is 5.11 Å². The van der Waals surface area contributed by atoms with Gasteiger partial charge in [-0.05, 0) is 44.6 Å². The zero-order chi connectivity index (χ0) is 15.6. The summed E-state index contributed by atoms with van der Waals surface area (Å²) < 4.78 is 1.71. The summed E-state index contributed by atoms with van der Waals surface area (Å²) in [6.45, 7) is 6.05. The summed E-state index contributed by atoms with van der Waals surface area (Å²) in [4.78, 5) is 27.2. The van der Waals surface area contributed by atoms with Crippen molar-refractivity contribution in [1.29, 1.82) is 0 Å². The summed E-state index contributed by atoms with van der Waals surface area (Å²) in [5.41, 5.74) is 2.21. The van der Waals surface area contributed by atoms with E-state index < -0.39 is 11.9 Å². The van der Waals surface area contributed by atoms with E-state index in [1.807, 2.05) is 6.92 Å². The Kier molecular flexibility index (Phi) is 4.80. The smallest absolute Gasteiger partial charge is 0.347 e. The van der Waals surface area contributed by atoms with E-state index in [0.29, 0.717) is 18.7 Å². The van der Waals surface area contributed by atoms with Crippen LogP contribution in [-0.4, -0.2) is 20.6 Å². The molecule has 1 heterocycles. The quantitative estimate of drug-likeness (QED) is 0.837. The molecule has 1 aliphatic rings. The van der Waals surface area contributed by atoms with Crippen LogP contribution in [0.4, 0.5) is 0 Å². The summed E-state index contributed by atoms with van der Waals surface area (Å²) in [7, 11) is 0. The van der Waals surface area contributed by atoms with Gasteiger partial charge in [0, 0.05) is 17.9 Å². The number of carbonyl (C=O) groups is 1. The van der Waals surface area contributed by atoms with Gasteiger partial charge in [-0.25, -0.2) is 4.79 Å². The predicted molar refractivity (Wildman–Crippen MR) is 80.4 cm³/mol. The number of nitrogens with zero attached hydrogens (tertiary/aromatic N) is 2. The van der Waals surface area contributed by atoms with E-state index in [4.69, 9.17) is 5.11 Å². The standard InChI is InChI=1S/C16H24N2O3/c1-10(15(19)20)9-14-11(2)17-16(21)18(12(14)3)8-4-5-13-6-7-13/h10,13H,4-9H2,1-3H3,(H,19,20). The molecular weight excluding hydrogens is 268 g/mol. The van der Waals surface area contributed by atoms with Crippen LogP contribution in [0.25, 0.3) is 0 Å². The van der Waals surface area contributed by atoms with Gasteiger partial charge in [-0.2, -0.15) is 4.98 Å². The Balaban J connectivity index is 2.19. The molecule has 0 amide bonds. The Morgan fingerprint density at radius 3 is 2.67 bits per heavy atom. The lowest BCUT2D eigenvalue weighted by Crippen LogP contribution is -2.29. The van der Waals surface area contributed by atoms with Crippen LogP contribution in [0.15, 0.2) is 4.79 Å². The number of aryl methyl sites for hydroxylation is 1. The fourth-order valence-corrected chi connectivity index (χ4v) is 2.74. The van der Waals surface area contributed by atoms with Gasteiger partial charge in [0.05, 0.1) is 5.92 Å². The van der Waals surface area contributed by atoms with Crippen LogP contribution in [-0.2, 0) is 17.8 Å². The lowest BCUT2D eigenvalue weighted by Gasteiger charge is -2.17. The minimum absolute atomic E-state index is 0.215. The Hall–Kier alpha value is -1.65. The van der Waals surface area contributed by atoms with Gasteiger partial charge in [0.1, 0.15) is 0 Å². The highest BCUT2D eigenvalue weighted by Gasteiger charge is 2.21. The highest BCUT2D eigenvalue weighted by Crippen LogP contribution is 2.33. The summed E-state index contributed by atoms with van der Waals surface area (Å²) >= 11 is 0. The Morgan fingerprint density at radius 2 is 2.10 bits per heavy atom. The van der Waals surface area contributed by atoms with Gasteiger partial charge in [0.2, 0.25) is 0 Å². The zero-order valence-corrected chi connectivity index (χ0v) is 13.1.